The van der Waals surface area contributed by atoms with E-state index in [1.165, 1.54) is 20.9 Å². The van der Waals surface area contributed by atoms with Gasteiger partial charge in [-0.1, -0.05) is 20.8 Å². The van der Waals surface area contributed by atoms with Crippen LogP contribution in [0, 0.1) is 0 Å². The van der Waals surface area contributed by atoms with Gasteiger partial charge in [-0.25, -0.2) is 9.97 Å². The lowest BCUT2D eigenvalue weighted by atomic mass is 9.96. The van der Waals surface area contributed by atoms with E-state index in [4.69, 9.17) is 0 Å². The first kappa shape index (κ1) is 15.0. The zero-order valence-electron chi connectivity index (χ0n) is 12.8. The van der Waals surface area contributed by atoms with Crippen molar-refractivity contribution in [1.82, 2.24) is 9.97 Å². The van der Waals surface area contributed by atoms with Crippen LogP contribution in [0.1, 0.15) is 43.0 Å². The van der Waals surface area contributed by atoms with Gasteiger partial charge in [0.15, 0.2) is 0 Å². The summed E-state index contributed by atoms with van der Waals surface area (Å²) in [6, 6.07) is 2.31. The summed E-state index contributed by atoms with van der Waals surface area (Å²) in [7, 11) is 0. The van der Waals surface area contributed by atoms with Gasteiger partial charge in [0, 0.05) is 28.1 Å². The molecule has 20 heavy (non-hydrogen) atoms. The molecule has 0 saturated carbocycles. The topological polar surface area (TPSA) is 37.8 Å². The Hall–Kier alpha value is -1.42. The number of rotatable bonds is 3. The summed E-state index contributed by atoms with van der Waals surface area (Å²) >= 11 is 1.94. The molecule has 0 saturated heterocycles. The smallest absolute Gasteiger partial charge is 0.223 e. The van der Waals surface area contributed by atoms with Crippen LogP contribution in [0.5, 0.6) is 0 Å². The van der Waals surface area contributed by atoms with E-state index in [2.05, 4.69) is 35.2 Å². The van der Waals surface area contributed by atoms with Crippen molar-refractivity contribution in [3.8, 4) is 11.3 Å². The van der Waals surface area contributed by atoms with Crippen molar-refractivity contribution in [3.63, 3.8) is 0 Å². The normalized spacial score (nSPS) is 12.0. The Morgan fingerprint density at radius 1 is 1.25 bits per heavy atom. The first-order chi connectivity index (χ1) is 9.81. The molecule has 0 radical (unpaired) electrons. The van der Waals surface area contributed by atoms with Gasteiger partial charge in [0.1, 0.15) is 0 Å². The quantitative estimate of drug-likeness (QED) is 0.914. The van der Waals surface area contributed by atoms with E-state index >= 15 is 0 Å². The number of thiophene rings is 1. The third-order valence-electron chi connectivity index (χ3n) is 3.28. The lowest BCUT2D eigenvalue weighted by molar-refractivity contribution is 0.926. The Bertz CT molecular complexity index is 575. The third-order valence-corrected chi connectivity index (χ3v) is 4.62. The molecular weight excluding hydrogens is 266 g/mol. The van der Waals surface area contributed by atoms with E-state index < -0.39 is 0 Å². The SMILES string of the molecule is CC.CCNc1ncc2c(n1)-c1cc(CC)sc1CC2. The number of hydrogen-bond donors (Lipinski definition) is 1. The molecule has 2 aromatic rings. The summed E-state index contributed by atoms with van der Waals surface area (Å²) in [6.45, 7) is 9.13. The van der Waals surface area contributed by atoms with Crippen LogP contribution in [0.3, 0.4) is 0 Å². The zero-order chi connectivity index (χ0) is 14.5. The van der Waals surface area contributed by atoms with Gasteiger partial charge in [0.25, 0.3) is 0 Å². The minimum Gasteiger partial charge on any atom is -0.354 e. The molecule has 4 heteroatoms. The molecule has 1 aliphatic rings. The molecule has 3 nitrogen and oxygen atoms in total. The molecular formula is C16H23N3S. The zero-order valence-corrected chi connectivity index (χ0v) is 13.6. The summed E-state index contributed by atoms with van der Waals surface area (Å²) in [4.78, 5) is 12.0. The number of nitrogens with zero attached hydrogens (tertiary/aromatic N) is 2. The molecule has 2 heterocycles. The van der Waals surface area contributed by atoms with Gasteiger partial charge in [-0.2, -0.15) is 0 Å². The maximum atomic E-state index is 4.68. The highest BCUT2D eigenvalue weighted by Gasteiger charge is 2.20. The Morgan fingerprint density at radius 3 is 2.75 bits per heavy atom. The molecule has 0 bridgehead atoms. The number of anilines is 1. The van der Waals surface area contributed by atoms with Crippen molar-refractivity contribution in [1.29, 1.82) is 0 Å². The maximum Gasteiger partial charge on any atom is 0.223 e. The van der Waals surface area contributed by atoms with Crippen molar-refractivity contribution >= 4 is 17.3 Å². The van der Waals surface area contributed by atoms with E-state index in [0.29, 0.717) is 0 Å². The molecule has 0 fully saturated rings. The molecule has 0 amide bonds. The fraction of sp³-hybridized carbons (Fsp3) is 0.500. The first-order valence-corrected chi connectivity index (χ1v) is 8.35. The van der Waals surface area contributed by atoms with Gasteiger partial charge >= 0.3 is 0 Å². The van der Waals surface area contributed by atoms with Crippen molar-refractivity contribution in [2.75, 3.05) is 11.9 Å². The second-order valence-electron chi connectivity index (χ2n) is 4.50. The van der Waals surface area contributed by atoms with E-state index in [1.807, 2.05) is 31.4 Å². The second-order valence-corrected chi connectivity index (χ2v) is 5.72. The third kappa shape index (κ3) is 2.85. The number of aromatic nitrogens is 2. The van der Waals surface area contributed by atoms with Gasteiger partial charge in [0.05, 0.1) is 5.69 Å². The van der Waals surface area contributed by atoms with Crippen LogP contribution < -0.4 is 5.32 Å². The number of fused-ring (bicyclic) bond motifs is 3. The second kappa shape index (κ2) is 6.84. The van der Waals surface area contributed by atoms with Crippen LogP contribution in [0.4, 0.5) is 5.95 Å². The van der Waals surface area contributed by atoms with Crippen LogP contribution in [0.2, 0.25) is 0 Å². The molecule has 0 aliphatic heterocycles. The van der Waals surface area contributed by atoms with Gasteiger partial charge in [-0.15, -0.1) is 11.3 Å². The van der Waals surface area contributed by atoms with E-state index in [1.54, 1.807) is 0 Å². The minimum atomic E-state index is 0.744. The number of aryl methyl sites for hydroxylation is 3. The summed E-state index contributed by atoms with van der Waals surface area (Å²) in [5.74, 6) is 0.744. The summed E-state index contributed by atoms with van der Waals surface area (Å²) < 4.78 is 0. The predicted octanol–water partition coefficient (Wildman–Crippen LogP) is 4.32. The Balaban J connectivity index is 0.000000704. The van der Waals surface area contributed by atoms with Crippen molar-refractivity contribution in [3.05, 3.63) is 27.6 Å². The maximum absolute atomic E-state index is 4.68. The molecule has 1 N–H and O–H groups in total. The Kier molecular flexibility index (Phi) is 5.12. The van der Waals surface area contributed by atoms with Gasteiger partial charge in [-0.3, -0.25) is 0 Å². The van der Waals surface area contributed by atoms with Crippen LogP contribution in [0.25, 0.3) is 11.3 Å². The summed E-state index contributed by atoms with van der Waals surface area (Å²) in [5, 5.41) is 3.19. The Morgan fingerprint density at radius 2 is 2.05 bits per heavy atom. The highest BCUT2D eigenvalue weighted by Crippen LogP contribution is 2.37. The first-order valence-electron chi connectivity index (χ1n) is 7.53. The monoisotopic (exact) mass is 289 g/mol. The van der Waals surface area contributed by atoms with Crippen LogP contribution in [0.15, 0.2) is 12.3 Å². The molecule has 2 aromatic heterocycles. The van der Waals surface area contributed by atoms with Crippen LogP contribution in [-0.2, 0) is 19.3 Å². The van der Waals surface area contributed by atoms with Crippen molar-refractivity contribution in [2.24, 2.45) is 0 Å². The Labute approximate surface area is 125 Å². The fourth-order valence-electron chi connectivity index (χ4n) is 2.36. The van der Waals surface area contributed by atoms with Crippen molar-refractivity contribution in [2.45, 2.75) is 47.0 Å². The van der Waals surface area contributed by atoms with Crippen molar-refractivity contribution < 1.29 is 0 Å². The molecule has 0 unspecified atom stereocenters. The molecule has 0 atom stereocenters. The number of nitrogens with one attached hydrogen (secondary N) is 1. The van der Waals surface area contributed by atoms with Gasteiger partial charge in [0.2, 0.25) is 5.95 Å². The molecule has 1 aliphatic carbocycles. The number of hydrogen-bond acceptors (Lipinski definition) is 4. The molecule has 108 valence electrons. The summed E-state index contributed by atoms with van der Waals surface area (Å²) in [6.07, 6.45) is 5.29. The highest BCUT2D eigenvalue weighted by molar-refractivity contribution is 7.12. The van der Waals surface area contributed by atoms with Gasteiger partial charge in [-0.05, 0) is 37.8 Å². The van der Waals surface area contributed by atoms with E-state index in [9.17, 15) is 0 Å². The lowest BCUT2D eigenvalue weighted by Gasteiger charge is -2.15. The highest BCUT2D eigenvalue weighted by atomic mass is 32.1. The average Bonchev–Trinajstić information content (AvgIpc) is 2.93. The standard InChI is InChI=1S/C14H17N3S.C2H6/c1-3-10-7-11-12(18-10)6-5-9-8-16-14(15-4-2)17-13(9)11;1-2/h7-8H,3-6H2,1-2H3,(H,15,16,17);1-2H3. The molecule has 0 spiro atoms. The molecule has 0 aromatic carbocycles. The van der Waals surface area contributed by atoms with Crippen LogP contribution >= 0.6 is 11.3 Å². The van der Waals surface area contributed by atoms with E-state index in [0.717, 1.165) is 37.4 Å². The minimum absolute atomic E-state index is 0.744. The van der Waals surface area contributed by atoms with Crippen LogP contribution in [-0.4, -0.2) is 16.5 Å². The largest absolute Gasteiger partial charge is 0.354 e. The molecule has 3 rings (SSSR count). The van der Waals surface area contributed by atoms with E-state index in [-0.39, 0.29) is 0 Å². The van der Waals surface area contributed by atoms with Gasteiger partial charge < -0.3 is 5.32 Å². The fourth-order valence-corrected chi connectivity index (χ4v) is 3.47. The lowest BCUT2D eigenvalue weighted by Crippen LogP contribution is -2.08. The predicted molar refractivity (Wildman–Crippen MR) is 87.6 cm³/mol. The average molecular weight is 289 g/mol. The summed E-state index contributed by atoms with van der Waals surface area (Å²) in [5.41, 5.74) is 3.75.